The smallest absolute Gasteiger partial charge is 0.320 e. The first-order valence-electron chi connectivity index (χ1n) is 6.31. The molecule has 0 aliphatic heterocycles. The monoisotopic (exact) mass is 267 g/mol. The van der Waals surface area contributed by atoms with E-state index in [1.807, 2.05) is 13.8 Å². The maximum absolute atomic E-state index is 10.6. The lowest BCUT2D eigenvalue weighted by Gasteiger charge is -2.15. The van der Waals surface area contributed by atoms with Crippen LogP contribution in [0.4, 0.5) is 0 Å². The van der Waals surface area contributed by atoms with Gasteiger partial charge in [0.1, 0.15) is 11.8 Å². The number of hydrogen-bond donors (Lipinski definition) is 3. The minimum Gasteiger partial charge on any atom is -0.491 e. The lowest BCUT2D eigenvalue weighted by molar-refractivity contribution is -0.139. The van der Waals surface area contributed by atoms with Crippen molar-refractivity contribution in [2.45, 2.75) is 39.0 Å². The van der Waals surface area contributed by atoms with Crippen LogP contribution >= 0.6 is 0 Å². The summed E-state index contributed by atoms with van der Waals surface area (Å²) in [7, 11) is 0. The second kappa shape index (κ2) is 7.11. The molecule has 106 valence electrons. The predicted octanol–water partition coefficient (Wildman–Crippen LogP) is 1.57. The third-order valence-electron chi connectivity index (χ3n) is 2.62. The maximum Gasteiger partial charge on any atom is 0.320 e. The normalized spacial score (nSPS) is 14.2. The third kappa shape index (κ3) is 5.28. The van der Waals surface area contributed by atoms with E-state index in [4.69, 9.17) is 9.84 Å². The van der Waals surface area contributed by atoms with Gasteiger partial charge in [-0.15, -0.1) is 0 Å². The van der Waals surface area contributed by atoms with Gasteiger partial charge >= 0.3 is 5.97 Å². The molecule has 0 amide bonds. The van der Waals surface area contributed by atoms with Crippen LogP contribution in [-0.4, -0.2) is 34.9 Å². The van der Waals surface area contributed by atoms with Crippen LogP contribution in [0.3, 0.4) is 0 Å². The van der Waals surface area contributed by atoms with E-state index in [1.165, 1.54) is 6.92 Å². The van der Waals surface area contributed by atoms with Crippen molar-refractivity contribution in [2.24, 2.45) is 0 Å². The number of carboxylic acid groups (broad SMARTS) is 1. The fourth-order valence-corrected chi connectivity index (χ4v) is 1.53. The van der Waals surface area contributed by atoms with Crippen LogP contribution in [0.15, 0.2) is 24.3 Å². The Kier molecular flexibility index (Phi) is 5.79. The van der Waals surface area contributed by atoms with Crippen LogP contribution < -0.4 is 10.1 Å². The molecule has 2 atom stereocenters. The lowest BCUT2D eigenvalue weighted by Crippen LogP contribution is -2.36. The number of carbonyl (C=O) groups is 1. The molecule has 0 saturated carbocycles. The SMILES string of the molecule is CC(C)Oc1ccc(C(O)CNC(C)C(=O)O)cc1. The summed E-state index contributed by atoms with van der Waals surface area (Å²) in [6, 6.07) is 6.45. The molecule has 0 fully saturated rings. The van der Waals surface area contributed by atoms with Crippen molar-refractivity contribution in [3.8, 4) is 5.75 Å². The number of aliphatic carboxylic acids is 1. The molecule has 0 radical (unpaired) electrons. The van der Waals surface area contributed by atoms with E-state index < -0.39 is 18.1 Å². The largest absolute Gasteiger partial charge is 0.491 e. The summed E-state index contributed by atoms with van der Waals surface area (Å²) < 4.78 is 5.50. The topological polar surface area (TPSA) is 78.8 Å². The number of carboxylic acids is 1. The van der Waals surface area contributed by atoms with Gasteiger partial charge in [-0.25, -0.2) is 0 Å². The highest BCUT2D eigenvalue weighted by Crippen LogP contribution is 2.18. The Morgan fingerprint density at radius 2 is 1.84 bits per heavy atom. The number of benzene rings is 1. The van der Waals surface area contributed by atoms with Gasteiger partial charge in [0.2, 0.25) is 0 Å². The van der Waals surface area contributed by atoms with Gasteiger partial charge in [0.25, 0.3) is 0 Å². The third-order valence-corrected chi connectivity index (χ3v) is 2.62. The van der Waals surface area contributed by atoms with Gasteiger partial charge in [-0.1, -0.05) is 12.1 Å². The molecule has 3 N–H and O–H groups in total. The van der Waals surface area contributed by atoms with Gasteiger partial charge in [-0.3, -0.25) is 4.79 Å². The fourth-order valence-electron chi connectivity index (χ4n) is 1.53. The zero-order valence-corrected chi connectivity index (χ0v) is 11.5. The highest BCUT2D eigenvalue weighted by Gasteiger charge is 2.13. The van der Waals surface area contributed by atoms with E-state index in [1.54, 1.807) is 24.3 Å². The molecule has 1 aromatic rings. The summed E-state index contributed by atoms with van der Waals surface area (Å²) >= 11 is 0. The molecule has 0 aliphatic carbocycles. The van der Waals surface area contributed by atoms with Crippen molar-refractivity contribution in [3.05, 3.63) is 29.8 Å². The van der Waals surface area contributed by atoms with Gasteiger partial charge in [-0.2, -0.15) is 0 Å². The van der Waals surface area contributed by atoms with Gasteiger partial charge in [0.15, 0.2) is 0 Å². The molecular weight excluding hydrogens is 246 g/mol. The van der Waals surface area contributed by atoms with Crippen LogP contribution in [0.1, 0.15) is 32.4 Å². The van der Waals surface area contributed by atoms with Crippen LogP contribution in [0.25, 0.3) is 0 Å². The number of aliphatic hydroxyl groups excluding tert-OH is 1. The van der Waals surface area contributed by atoms with Crippen molar-refractivity contribution >= 4 is 5.97 Å². The molecule has 0 aliphatic rings. The second-order valence-electron chi connectivity index (χ2n) is 4.72. The van der Waals surface area contributed by atoms with Crippen LogP contribution in [0.5, 0.6) is 5.75 Å². The molecule has 0 bridgehead atoms. The van der Waals surface area contributed by atoms with Crippen molar-refractivity contribution in [1.29, 1.82) is 0 Å². The molecule has 19 heavy (non-hydrogen) atoms. The predicted molar refractivity (Wildman–Crippen MR) is 72.3 cm³/mol. The molecule has 5 nitrogen and oxygen atoms in total. The second-order valence-corrected chi connectivity index (χ2v) is 4.72. The standard InChI is InChI=1S/C14H21NO4/c1-9(2)19-12-6-4-11(5-7-12)13(16)8-15-10(3)14(17)18/h4-7,9-10,13,15-16H,8H2,1-3H3,(H,17,18). The Labute approximate surface area is 113 Å². The minimum atomic E-state index is -0.937. The van der Waals surface area contributed by atoms with Gasteiger partial charge < -0.3 is 20.3 Å². The van der Waals surface area contributed by atoms with Crippen molar-refractivity contribution < 1.29 is 19.7 Å². The van der Waals surface area contributed by atoms with Gasteiger partial charge in [0, 0.05) is 6.54 Å². The average Bonchev–Trinajstić information content (AvgIpc) is 2.35. The zero-order valence-electron chi connectivity index (χ0n) is 11.5. The highest BCUT2D eigenvalue weighted by molar-refractivity contribution is 5.72. The van der Waals surface area contributed by atoms with E-state index >= 15 is 0 Å². The minimum absolute atomic E-state index is 0.105. The Bertz CT molecular complexity index is 402. The number of nitrogens with one attached hydrogen (secondary N) is 1. The molecule has 0 heterocycles. The summed E-state index contributed by atoms with van der Waals surface area (Å²) in [5.74, 6) is -0.189. The van der Waals surface area contributed by atoms with Crippen molar-refractivity contribution in [1.82, 2.24) is 5.32 Å². The van der Waals surface area contributed by atoms with Crippen molar-refractivity contribution in [2.75, 3.05) is 6.54 Å². The molecule has 0 saturated heterocycles. The Balaban J connectivity index is 2.53. The number of hydrogen-bond acceptors (Lipinski definition) is 4. The Morgan fingerprint density at radius 1 is 1.26 bits per heavy atom. The van der Waals surface area contributed by atoms with E-state index in [0.29, 0.717) is 0 Å². The van der Waals surface area contributed by atoms with Gasteiger partial charge in [0.05, 0.1) is 12.2 Å². The lowest BCUT2D eigenvalue weighted by atomic mass is 10.1. The van der Waals surface area contributed by atoms with Gasteiger partial charge in [-0.05, 0) is 38.5 Å². The van der Waals surface area contributed by atoms with Crippen molar-refractivity contribution in [3.63, 3.8) is 0 Å². The quantitative estimate of drug-likeness (QED) is 0.699. The number of rotatable bonds is 7. The first-order chi connectivity index (χ1) is 8.90. The first-order valence-corrected chi connectivity index (χ1v) is 6.31. The fraction of sp³-hybridized carbons (Fsp3) is 0.500. The molecule has 5 heteroatoms. The highest BCUT2D eigenvalue weighted by atomic mass is 16.5. The molecule has 2 unspecified atom stereocenters. The van der Waals surface area contributed by atoms with E-state index in [9.17, 15) is 9.90 Å². The summed E-state index contributed by atoms with van der Waals surface area (Å²) in [6.45, 7) is 5.62. The van der Waals surface area contributed by atoms with Crippen LogP contribution in [-0.2, 0) is 4.79 Å². The number of aliphatic hydroxyl groups is 1. The molecule has 0 aromatic heterocycles. The Hall–Kier alpha value is -1.59. The summed E-state index contributed by atoms with van der Waals surface area (Å²) in [5, 5.41) is 21.4. The van der Waals surface area contributed by atoms with E-state index in [-0.39, 0.29) is 12.6 Å². The Morgan fingerprint density at radius 3 is 2.32 bits per heavy atom. The molecule has 0 spiro atoms. The summed E-state index contributed by atoms with van der Waals surface area (Å²) in [4.78, 5) is 10.6. The molecule has 1 rings (SSSR count). The average molecular weight is 267 g/mol. The van der Waals surface area contributed by atoms with E-state index in [2.05, 4.69) is 5.32 Å². The van der Waals surface area contributed by atoms with Crippen LogP contribution in [0.2, 0.25) is 0 Å². The zero-order chi connectivity index (χ0) is 14.4. The maximum atomic E-state index is 10.6. The number of ether oxygens (including phenoxy) is 1. The first kappa shape index (κ1) is 15.5. The summed E-state index contributed by atoms with van der Waals surface area (Å²) in [6.07, 6.45) is -0.635. The summed E-state index contributed by atoms with van der Waals surface area (Å²) in [5.41, 5.74) is 0.723. The molecule has 1 aromatic carbocycles. The van der Waals surface area contributed by atoms with Crippen LogP contribution in [0, 0.1) is 0 Å². The molecular formula is C14H21NO4. The van der Waals surface area contributed by atoms with E-state index in [0.717, 1.165) is 11.3 Å².